The highest BCUT2D eigenvalue weighted by molar-refractivity contribution is 6.58. The lowest BCUT2D eigenvalue weighted by atomic mass is 9.40. The van der Waals surface area contributed by atoms with Crippen LogP contribution in [0.2, 0.25) is 19.0 Å². The van der Waals surface area contributed by atoms with Crippen LogP contribution in [0.5, 0.6) is 0 Å². The van der Waals surface area contributed by atoms with Crippen LogP contribution in [0, 0.1) is 16.2 Å². The van der Waals surface area contributed by atoms with Gasteiger partial charge in [0.2, 0.25) is 0 Å². The van der Waals surface area contributed by atoms with Gasteiger partial charge in [0.15, 0.2) is 0 Å². The maximum Gasteiger partial charge on any atom is 0.139 e. The molecule has 0 atom stereocenters. The van der Waals surface area contributed by atoms with Crippen LogP contribution in [0.1, 0.15) is 101 Å². The molecule has 0 aliphatic heterocycles. The zero-order chi connectivity index (χ0) is 17.4. The minimum atomic E-state index is 0.501. The Morgan fingerprint density at radius 1 is 0.455 bits per heavy atom. The van der Waals surface area contributed by atoms with E-state index in [-0.39, 0.29) is 0 Å². The third-order valence-electron chi connectivity index (χ3n) is 4.62. The van der Waals surface area contributed by atoms with Crippen LogP contribution >= 0.6 is 0 Å². The van der Waals surface area contributed by atoms with Gasteiger partial charge in [0.25, 0.3) is 0 Å². The topological polar surface area (TPSA) is 0 Å². The van der Waals surface area contributed by atoms with Gasteiger partial charge in [0.1, 0.15) is 6.71 Å². The van der Waals surface area contributed by atoms with Crippen LogP contribution in [0.15, 0.2) is 0 Å². The Balaban J connectivity index is 4.19. The summed E-state index contributed by atoms with van der Waals surface area (Å²) in [5.41, 5.74) is 1.50. The summed E-state index contributed by atoms with van der Waals surface area (Å²) in [6, 6.07) is 0. The van der Waals surface area contributed by atoms with Crippen LogP contribution < -0.4 is 0 Å². The van der Waals surface area contributed by atoms with Crippen molar-refractivity contribution >= 4 is 6.71 Å². The van der Waals surface area contributed by atoms with Gasteiger partial charge in [0.05, 0.1) is 0 Å². The monoisotopic (exact) mass is 308 g/mol. The standard InChI is InChI=1S/C21H45B/c1-19(2,3)13-10-16-22(17-11-14-20(4,5)6)18-12-15-21(7,8)9/h10-18H2,1-9H3. The Morgan fingerprint density at radius 2 is 0.682 bits per heavy atom. The summed E-state index contributed by atoms with van der Waals surface area (Å²) >= 11 is 0. The van der Waals surface area contributed by atoms with Crippen molar-refractivity contribution in [1.29, 1.82) is 0 Å². The molecule has 132 valence electrons. The molecule has 0 bridgehead atoms. The highest BCUT2D eigenvalue weighted by Crippen LogP contribution is 2.29. The predicted octanol–water partition coefficient (Wildman–Crippen LogP) is 7.96. The molecule has 0 aliphatic carbocycles. The summed E-state index contributed by atoms with van der Waals surface area (Å²) in [6.07, 6.45) is 12.7. The molecule has 0 nitrogen and oxygen atoms in total. The van der Waals surface area contributed by atoms with Crippen molar-refractivity contribution in [2.45, 2.75) is 120 Å². The van der Waals surface area contributed by atoms with Crippen molar-refractivity contribution in [2.24, 2.45) is 16.2 Å². The third-order valence-corrected chi connectivity index (χ3v) is 4.62. The quantitative estimate of drug-likeness (QED) is 0.379. The zero-order valence-corrected chi connectivity index (χ0v) is 17.4. The van der Waals surface area contributed by atoms with Crippen molar-refractivity contribution in [2.75, 3.05) is 0 Å². The van der Waals surface area contributed by atoms with Crippen molar-refractivity contribution < 1.29 is 0 Å². The Bertz CT molecular complexity index is 224. The molecule has 0 saturated carbocycles. The van der Waals surface area contributed by atoms with Crippen LogP contribution in [0.4, 0.5) is 0 Å². The third kappa shape index (κ3) is 16.4. The minimum Gasteiger partial charge on any atom is -0.0741 e. The largest absolute Gasteiger partial charge is 0.139 e. The first-order valence-electron chi connectivity index (χ1n) is 9.79. The summed E-state index contributed by atoms with van der Waals surface area (Å²) in [7, 11) is 0. The Kier molecular flexibility index (Phi) is 9.41. The molecule has 0 aliphatic rings. The minimum absolute atomic E-state index is 0.501. The average molecular weight is 308 g/mol. The van der Waals surface area contributed by atoms with E-state index < -0.39 is 0 Å². The van der Waals surface area contributed by atoms with E-state index in [0.29, 0.717) is 16.2 Å². The molecular weight excluding hydrogens is 263 g/mol. The summed E-state index contributed by atoms with van der Waals surface area (Å²) in [5, 5.41) is 0. The molecule has 0 spiro atoms. The second kappa shape index (κ2) is 9.38. The average Bonchev–Trinajstić information content (AvgIpc) is 2.23. The van der Waals surface area contributed by atoms with Gasteiger partial charge in [-0.15, -0.1) is 0 Å². The summed E-state index contributed by atoms with van der Waals surface area (Å²) in [6.45, 7) is 22.4. The second-order valence-corrected chi connectivity index (χ2v) is 11.2. The SMILES string of the molecule is CC(C)(C)CCCB(CCCC(C)(C)C)CCCC(C)(C)C. The van der Waals surface area contributed by atoms with Crippen LogP contribution in [0.3, 0.4) is 0 Å². The molecule has 0 unspecified atom stereocenters. The lowest BCUT2D eigenvalue weighted by molar-refractivity contribution is 0.367. The Hall–Kier alpha value is 0.0649. The van der Waals surface area contributed by atoms with E-state index >= 15 is 0 Å². The van der Waals surface area contributed by atoms with Gasteiger partial charge in [-0.1, -0.05) is 101 Å². The van der Waals surface area contributed by atoms with Crippen molar-refractivity contribution in [1.82, 2.24) is 0 Å². The van der Waals surface area contributed by atoms with Gasteiger partial charge in [-0.25, -0.2) is 0 Å². The molecule has 0 aromatic carbocycles. The smallest absolute Gasteiger partial charge is 0.0741 e. The zero-order valence-electron chi connectivity index (χ0n) is 17.4. The predicted molar refractivity (Wildman–Crippen MR) is 106 cm³/mol. The molecular formula is C21H45B. The van der Waals surface area contributed by atoms with E-state index in [2.05, 4.69) is 62.3 Å². The molecule has 0 fully saturated rings. The lowest BCUT2D eigenvalue weighted by Crippen LogP contribution is -2.16. The molecule has 0 N–H and O–H groups in total. The van der Waals surface area contributed by atoms with E-state index in [1.807, 2.05) is 0 Å². The highest BCUT2D eigenvalue weighted by Gasteiger charge is 2.19. The maximum absolute atomic E-state index is 2.38. The van der Waals surface area contributed by atoms with Gasteiger partial charge in [0, 0.05) is 0 Å². The molecule has 22 heavy (non-hydrogen) atoms. The Morgan fingerprint density at radius 3 is 0.864 bits per heavy atom. The summed E-state index contributed by atoms with van der Waals surface area (Å²) < 4.78 is 0. The first-order valence-corrected chi connectivity index (χ1v) is 9.79. The Labute approximate surface area is 143 Å². The van der Waals surface area contributed by atoms with Gasteiger partial charge < -0.3 is 0 Å². The van der Waals surface area contributed by atoms with Gasteiger partial charge in [-0.2, -0.15) is 0 Å². The first-order chi connectivity index (χ1) is 9.79. The summed E-state index contributed by atoms with van der Waals surface area (Å²) in [4.78, 5) is 0. The van der Waals surface area contributed by atoms with Crippen LogP contribution in [-0.2, 0) is 0 Å². The summed E-state index contributed by atoms with van der Waals surface area (Å²) in [5.74, 6) is 0. The molecule has 1 heteroatoms. The van der Waals surface area contributed by atoms with E-state index in [4.69, 9.17) is 0 Å². The van der Waals surface area contributed by atoms with Crippen LogP contribution in [-0.4, -0.2) is 6.71 Å². The van der Waals surface area contributed by atoms with E-state index in [1.165, 1.54) is 57.5 Å². The molecule has 0 heterocycles. The maximum atomic E-state index is 2.38. The van der Waals surface area contributed by atoms with E-state index in [1.54, 1.807) is 0 Å². The van der Waals surface area contributed by atoms with Crippen molar-refractivity contribution in [3.05, 3.63) is 0 Å². The van der Waals surface area contributed by atoms with Gasteiger partial charge >= 0.3 is 0 Å². The number of rotatable bonds is 9. The lowest BCUT2D eigenvalue weighted by Gasteiger charge is -2.23. The highest BCUT2D eigenvalue weighted by atomic mass is 14.2. The normalized spacial score (nSPS) is 13.5. The van der Waals surface area contributed by atoms with Gasteiger partial charge in [-0.3, -0.25) is 0 Å². The molecule has 0 saturated heterocycles. The number of hydrogen-bond donors (Lipinski definition) is 0. The molecule has 0 radical (unpaired) electrons. The first kappa shape index (κ1) is 22.1. The van der Waals surface area contributed by atoms with Crippen molar-refractivity contribution in [3.8, 4) is 0 Å². The van der Waals surface area contributed by atoms with Gasteiger partial charge in [-0.05, 0) is 35.5 Å². The molecule has 0 aromatic heterocycles. The molecule has 0 amide bonds. The fourth-order valence-electron chi connectivity index (χ4n) is 3.20. The second-order valence-electron chi connectivity index (χ2n) is 11.2. The molecule has 0 aromatic rings. The van der Waals surface area contributed by atoms with Crippen LogP contribution in [0.25, 0.3) is 0 Å². The van der Waals surface area contributed by atoms with Crippen molar-refractivity contribution in [3.63, 3.8) is 0 Å². The van der Waals surface area contributed by atoms with E-state index in [9.17, 15) is 0 Å². The van der Waals surface area contributed by atoms with E-state index in [0.717, 1.165) is 6.71 Å². The fraction of sp³-hybridized carbons (Fsp3) is 1.00. The fourth-order valence-corrected chi connectivity index (χ4v) is 3.20. The number of hydrogen-bond acceptors (Lipinski definition) is 0. The molecule has 0 rings (SSSR count).